The molecule has 12 heteroatoms. The molecule has 0 aliphatic carbocycles. The van der Waals surface area contributed by atoms with Gasteiger partial charge in [0.2, 0.25) is 0 Å². The van der Waals surface area contributed by atoms with Gasteiger partial charge in [-0.2, -0.15) is 18.3 Å². The number of aromatic nitrogens is 3. The van der Waals surface area contributed by atoms with Gasteiger partial charge in [0.25, 0.3) is 5.91 Å². The molecule has 8 nitrogen and oxygen atoms in total. The van der Waals surface area contributed by atoms with Crippen LogP contribution in [-0.2, 0) is 6.18 Å². The Morgan fingerprint density at radius 3 is 2.61 bits per heavy atom. The van der Waals surface area contributed by atoms with E-state index in [4.69, 9.17) is 23.2 Å². The SMILES string of the molecule is CC1C(N)=C(N(N)c2ccn(C(C)C)n2)CCN1C(=O)c1ccnc(C(F)(F)F)c1Cl. The van der Waals surface area contributed by atoms with Crippen molar-refractivity contribution in [2.75, 3.05) is 11.6 Å². The second-order valence-corrected chi connectivity index (χ2v) is 7.84. The van der Waals surface area contributed by atoms with Crippen LogP contribution in [0.15, 0.2) is 35.9 Å². The summed E-state index contributed by atoms with van der Waals surface area (Å²) < 4.78 is 41.0. The largest absolute Gasteiger partial charge is 0.434 e. The topological polar surface area (TPSA) is 106 Å². The second kappa shape index (κ2) is 8.39. The van der Waals surface area contributed by atoms with Crippen molar-refractivity contribution in [2.24, 2.45) is 11.6 Å². The van der Waals surface area contributed by atoms with E-state index < -0.39 is 28.8 Å². The Labute approximate surface area is 182 Å². The highest BCUT2D eigenvalue weighted by Crippen LogP contribution is 2.35. The highest BCUT2D eigenvalue weighted by molar-refractivity contribution is 6.34. The molecule has 3 rings (SSSR count). The lowest BCUT2D eigenvalue weighted by atomic mass is 10.0. The molecular formula is C19H23ClF3N7O. The molecule has 168 valence electrons. The Morgan fingerprint density at radius 1 is 1.35 bits per heavy atom. The molecule has 0 saturated carbocycles. The number of hydrogen-bond acceptors (Lipinski definition) is 6. The van der Waals surface area contributed by atoms with Crippen molar-refractivity contribution in [1.82, 2.24) is 19.7 Å². The van der Waals surface area contributed by atoms with Gasteiger partial charge in [0.05, 0.1) is 28.0 Å². The van der Waals surface area contributed by atoms with E-state index in [1.54, 1.807) is 23.9 Å². The average molecular weight is 458 g/mol. The van der Waals surface area contributed by atoms with Crippen LogP contribution in [0.2, 0.25) is 5.02 Å². The van der Waals surface area contributed by atoms with Gasteiger partial charge in [-0.25, -0.2) is 5.84 Å². The van der Waals surface area contributed by atoms with Crippen molar-refractivity contribution in [2.45, 2.75) is 45.5 Å². The molecule has 0 bridgehead atoms. The van der Waals surface area contributed by atoms with E-state index >= 15 is 0 Å². The summed E-state index contributed by atoms with van der Waals surface area (Å²) in [5.41, 5.74) is 5.59. The van der Waals surface area contributed by atoms with Crippen LogP contribution < -0.4 is 16.6 Å². The first-order valence-electron chi connectivity index (χ1n) is 9.54. The van der Waals surface area contributed by atoms with Gasteiger partial charge in [0, 0.05) is 37.5 Å². The fourth-order valence-corrected chi connectivity index (χ4v) is 3.65. The molecule has 4 N–H and O–H groups in total. The molecule has 1 amide bonds. The number of amides is 1. The van der Waals surface area contributed by atoms with Crippen LogP contribution >= 0.6 is 11.6 Å². The number of pyridine rings is 1. The highest BCUT2D eigenvalue weighted by Gasteiger charge is 2.38. The summed E-state index contributed by atoms with van der Waals surface area (Å²) in [6.07, 6.45) is -1.77. The van der Waals surface area contributed by atoms with Crippen LogP contribution in [0.3, 0.4) is 0 Å². The van der Waals surface area contributed by atoms with E-state index in [0.717, 1.165) is 12.3 Å². The van der Waals surface area contributed by atoms with Crippen LogP contribution in [0, 0.1) is 0 Å². The van der Waals surface area contributed by atoms with E-state index in [-0.39, 0.29) is 18.2 Å². The van der Waals surface area contributed by atoms with Crippen molar-refractivity contribution < 1.29 is 18.0 Å². The Bertz CT molecular complexity index is 1020. The lowest BCUT2D eigenvalue weighted by Crippen LogP contribution is -2.49. The number of anilines is 1. The minimum atomic E-state index is -4.77. The summed E-state index contributed by atoms with van der Waals surface area (Å²) in [5, 5.41) is 5.04. The maximum Gasteiger partial charge on any atom is 0.434 e. The third-order valence-electron chi connectivity index (χ3n) is 5.15. The zero-order valence-electron chi connectivity index (χ0n) is 17.2. The molecule has 1 aliphatic heterocycles. The number of carbonyl (C=O) groups excluding carboxylic acids is 1. The zero-order valence-corrected chi connectivity index (χ0v) is 17.9. The fourth-order valence-electron chi connectivity index (χ4n) is 3.35. The summed E-state index contributed by atoms with van der Waals surface area (Å²) in [5.74, 6) is 6.05. The number of alkyl halides is 3. The average Bonchev–Trinajstić information content (AvgIpc) is 3.19. The summed E-state index contributed by atoms with van der Waals surface area (Å²) in [7, 11) is 0. The van der Waals surface area contributed by atoms with Gasteiger partial charge >= 0.3 is 6.18 Å². The molecule has 0 spiro atoms. The van der Waals surface area contributed by atoms with Crippen LogP contribution in [-0.4, -0.2) is 38.2 Å². The number of hydrogen-bond donors (Lipinski definition) is 2. The van der Waals surface area contributed by atoms with Gasteiger partial charge in [0.1, 0.15) is 0 Å². The van der Waals surface area contributed by atoms with E-state index in [0.29, 0.717) is 23.6 Å². The predicted octanol–water partition coefficient (Wildman–Crippen LogP) is 3.32. The number of carbonyl (C=O) groups is 1. The smallest absolute Gasteiger partial charge is 0.399 e. The molecule has 2 aromatic rings. The number of rotatable bonds is 4. The van der Waals surface area contributed by atoms with Gasteiger partial charge in [-0.05, 0) is 26.8 Å². The van der Waals surface area contributed by atoms with Crippen LogP contribution in [0.4, 0.5) is 19.0 Å². The normalized spacial score (nSPS) is 17.5. The maximum absolute atomic E-state index is 13.1. The Balaban J connectivity index is 1.87. The van der Waals surface area contributed by atoms with Gasteiger partial charge in [-0.15, -0.1) is 0 Å². The molecule has 2 aromatic heterocycles. The molecule has 0 aromatic carbocycles. The third kappa shape index (κ3) is 4.33. The molecule has 0 radical (unpaired) electrons. The molecular weight excluding hydrogens is 435 g/mol. The van der Waals surface area contributed by atoms with E-state index in [1.807, 2.05) is 13.8 Å². The van der Waals surface area contributed by atoms with Crippen molar-refractivity contribution in [3.05, 3.63) is 52.2 Å². The zero-order chi connectivity index (χ0) is 23.1. The quantitative estimate of drug-likeness (QED) is 0.539. The first-order valence-corrected chi connectivity index (χ1v) is 9.92. The lowest BCUT2D eigenvalue weighted by molar-refractivity contribution is -0.141. The Kier molecular flexibility index (Phi) is 6.19. The standard InChI is InChI=1S/C19H23ClF3N7O/c1-10(2)29-9-6-14(27-29)30(25)13-5-8-28(11(3)16(13)24)18(31)12-4-7-26-17(15(12)20)19(21,22)23/h4,6-7,9-11H,5,8,24-25H2,1-3H3. The molecule has 0 saturated heterocycles. The monoisotopic (exact) mass is 457 g/mol. The maximum atomic E-state index is 13.1. The minimum absolute atomic E-state index is 0.151. The van der Waals surface area contributed by atoms with Gasteiger partial charge in [0.15, 0.2) is 11.5 Å². The number of hydrazine groups is 1. The summed E-state index contributed by atoms with van der Waals surface area (Å²) in [4.78, 5) is 17.6. The molecule has 1 aliphatic rings. The van der Waals surface area contributed by atoms with Crippen molar-refractivity contribution in [3.63, 3.8) is 0 Å². The first kappa shape index (κ1) is 22.9. The Hall–Kier alpha value is -2.79. The molecule has 1 atom stereocenters. The minimum Gasteiger partial charge on any atom is -0.399 e. The lowest BCUT2D eigenvalue weighted by Gasteiger charge is -2.37. The van der Waals surface area contributed by atoms with Gasteiger partial charge in [-0.1, -0.05) is 11.6 Å². The highest BCUT2D eigenvalue weighted by atomic mass is 35.5. The van der Waals surface area contributed by atoms with Crippen molar-refractivity contribution in [3.8, 4) is 0 Å². The van der Waals surface area contributed by atoms with Gasteiger partial charge < -0.3 is 10.6 Å². The first-order chi connectivity index (χ1) is 14.4. The number of nitrogens with zero attached hydrogens (tertiary/aromatic N) is 5. The Morgan fingerprint density at radius 2 is 2.03 bits per heavy atom. The summed E-state index contributed by atoms with van der Waals surface area (Å²) in [6.45, 7) is 5.82. The number of nitrogens with two attached hydrogens (primary N) is 2. The third-order valence-corrected chi connectivity index (χ3v) is 5.53. The van der Waals surface area contributed by atoms with Crippen LogP contribution in [0.25, 0.3) is 0 Å². The molecule has 31 heavy (non-hydrogen) atoms. The molecule has 1 unspecified atom stereocenters. The van der Waals surface area contributed by atoms with Crippen molar-refractivity contribution in [1.29, 1.82) is 0 Å². The summed E-state index contributed by atoms with van der Waals surface area (Å²) >= 11 is 5.87. The molecule has 3 heterocycles. The van der Waals surface area contributed by atoms with E-state index in [9.17, 15) is 18.0 Å². The van der Waals surface area contributed by atoms with Crippen LogP contribution in [0.5, 0.6) is 0 Å². The van der Waals surface area contributed by atoms with Gasteiger partial charge in [-0.3, -0.25) is 19.5 Å². The summed E-state index contributed by atoms with van der Waals surface area (Å²) in [6, 6.07) is 2.44. The molecule has 0 fully saturated rings. The predicted molar refractivity (Wildman–Crippen MR) is 110 cm³/mol. The van der Waals surface area contributed by atoms with E-state index in [1.165, 1.54) is 9.91 Å². The van der Waals surface area contributed by atoms with Crippen molar-refractivity contribution >= 4 is 23.3 Å². The second-order valence-electron chi connectivity index (χ2n) is 7.46. The fraction of sp³-hybridized carbons (Fsp3) is 0.421. The van der Waals surface area contributed by atoms with E-state index in [2.05, 4.69) is 10.1 Å². The number of halogens is 4. The van der Waals surface area contributed by atoms with Crippen LogP contribution in [0.1, 0.15) is 49.3 Å².